The van der Waals surface area contributed by atoms with Gasteiger partial charge in [0, 0.05) is 13.1 Å². The maximum Gasteiger partial charge on any atom is 0.453 e. The Labute approximate surface area is 179 Å². The number of nitrogens with zero attached hydrogens (tertiary/aromatic N) is 5. The van der Waals surface area contributed by atoms with Gasteiger partial charge in [0.05, 0.1) is 5.92 Å². The fraction of sp³-hybridized carbons (Fsp3) is 0.400. The minimum atomic E-state index is -4.66. The molecule has 0 spiro atoms. The molecule has 12 heteroatoms. The van der Waals surface area contributed by atoms with E-state index >= 15 is 0 Å². The lowest BCUT2D eigenvalue weighted by Gasteiger charge is -2.31. The van der Waals surface area contributed by atoms with Gasteiger partial charge in [-0.3, -0.25) is 4.79 Å². The van der Waals surface area contributed by atoms with Crippen LogP contribution in [0.3, 0.4) is 0 Å². The highest BCUT2D eigenvalue weighted by atomic mass is 19.4. The zero-order valence-corrected chi connectivity index (χ0v) is 16.8. The quantitative estimate of drug-likeness (QED) is 0.322. The van der Waals surface area contributed by atoms with Crippen molar-refractivity contribution in [2.45, 2.75) is 19.0 Å². The summed E-state index contributed by atoms with van der Waals surface area (Å²) in [5, 5.41) is 10.7. The van der Waals surface area contributed by atoms with Crippen molar-refractivity contribution in [1.29, 1.82) is 0 Å². The van der Waals surface area contributed by atoms with Crippen molar-refractivity contribution < 1.29 is 31.8 Å². The molecule has 0 N–H and O–H groups in total. The number of aromatic nitrogens is 4. The van der Waals surface area contributed by atoms with Gasteiger partial charge in [0.15, 0.2) is 5.65 Å². The second-order valence-electron chi connectivity index (χ2n) is 7.21. The molecule has 1 fully saturated rings. The van der Waals surface area contributed by atoms with Gasteiger partial charge < -0.3 is 14.4 Å². The van der Waals surface area contributed by atoms with Crippen LogP contribution in [0.4, 0.5) is 23.4 Å². The molecule has 0 radical (unpaired) electrons. The normalized spacial score (nSPS) is 15.2. The Morgan fingerprint density at radius 3 is 2.44 bits per heavy atom. The summed E-state index contributed by atoms with van der Waals surface area (Å²) in [7, 11) is 0. The first-order valence-electron chi connectivity index (χ1n) is 9.91. The van der Waals surface area contributed by atoms with E-state index in [9.17, 15) is 22.4 Å². The van der Waals surface area contributed by atoms with Crippen LogP contribution in [0.2, 0.25) is 0 Å². The van der Waals surface area contributed by atoms with Crippen LogP contribution in [0.15, 0.2) is 36.4 Å². The molecule has 3 aromatic rings. The number of anilines is 1. The number of hydrogen-bond acceptors (Lipinski definition) is 7. The second-order valence-corrected chi connectivity index (χ2v) is 7.21. The van der Waals surface area contributed by atoms with Crippen LogP contribution in [-0.4, -0.2) is 52.1 Å². The van der Waals surface area contributed by atoms with Crippen molar-refractivity contribution in [3.05, 3.63) is 48.0 Å². The molecule has 0 amide bonds. The summed E-state index contributed by atoms with van der Waals surface area (Å²) in [4.78, 5) is 14.1. The zero-order chi connectivity index (χ0) is 22.7. The maximum absolute atomic E-state index is 13.1. The number of ether oxygens (including phenoxy) is 2. The van der Waals surface area contributed by atoms with Gasteiger partial charge in [-0.05, 0) is 49.2 Å². The Kier molecular flexibility index (Phi) is 6.10. The Bertz CT molecular complexity index is 1080. The molecular weight excluding hydrogens is 434 g/mol. The van der Waals surface area contributed by atoms with Gasteiger partial charge in [0.25, 0.3) is 5.82 Å². The van der Waals surface area contributed by atoms with Crippen LogP contribution < -0.4 is 9.64 Å². The van der Waals surface area contributed by atoms with Gasteiger partial charge in [-0.15, -0.1) is 15.3 Å². The van der Waals surface area contributed by atoms with E-state index in [2.05, 4.69) is 15.3 Å². The molecule has 32 heavy (non-hydrogen) atoms. The maximum atomic E-state index is 13.1. The van der Waals surface area contributed by atoms with Crippen molar-refractivity contribution >= 4 is 17.4 Å². The van der Waals surface area contributed by atoms with Crippen molar-refractivity contribution in [1.82, 2.24) is 19.8 Å². The smallest absolute Gasteiger partial charge is 0.453 e. The molecule has 4 rings (SSSR count). The van der Waals surface area contributed by atoms with Gasteiger partial charge in [0.2, 0.25) is 0 Å². The van der Waals surface area contributed by atoms with E-state index in [0.717, 1.165) is 0 Å². The summed E-state index contributed by atoms with van der Waals surface area (Å²) in [6.07, 6.45) is -3.71. The van der Waals surface area contributed by atoms with Crippen LogP contribution in [0.5, 0.6) is 5.75 Å². The average Bonchev–Trinajstić information content (AvgIpc) is 3.22. The Balaban J connectivity index is 1.27. The van der Waals surface area contributed by atoms with E-state index in [1.165, 1.54) is 30.3 Å². The highest BCUT2D eigenvalue weighted by molar-refractivity contribution is 5.72. The number of fused-ring (bicyclic) bond motifs is 1. The summed E-state index contributed by atoms with van der Waals surface area (Å²) in [5.74, 6) is -1.40. The molecule has 8 nitrogen and oxygen atoms in total. The monoisotopic (exact) mass is 453 g/mol. The minimum Gasteiger partial charge on any atom is -0.490 e. The largest absolute Gasteiger partial charge is 0.490 e. The summed E-state index contributed by atoms with van der Waals surface area (Å²) in [6.45, 7) is 1.07. The first-order valence-corrected chi connectivity index (χ1v) is 9.91. The van der Waals surface area contributed by atoms with Crippen molar-refractivity contribution in [3.8, 4) is 5.75 Å². The number of halogens is 4. The predicted molar refractivity (Wildman–Crippen MR) is 104 cm³/mol. The molecule has 0 unspecified atom stereocenters. The summed E-state index contributed by atoms with van der Waals surface area (Å²) in [5.41, 5.74) is 0.00222. The summed E-state index contributed by atoms with van der Waals surface area (Å²) < 4.78 is 63.3. The van der Waals surface area contributed by atoms with Crippen molar-refractivity contribution in [2.24, 2.45) is 5.92 Å². The zero-order valence-electron chi connectivity index (χ0n) is 16.8. The summed E-state index contributed by atoms with van der Waals surface area (Å²) >= 11 is 0. The molecule has 3 heterocycles. The van der Waals surface area contributed by atoms with E-state index in [-0.39, 0.29) is 36.6 Å². The van der Waals surface area contributed by atoms with Crippen LogP contribution in [0.25, 0.3) is 5.65 Å². The first-order chi connectivity index (χ1) is 15.3. The molecule has 1 aliphatic rings. The summed E-state index contributed by atoms with van der Waals surface area (Å²) in [6, 6.07) is 8.51. The average molecular weight is 453 g/mol. The van der Waals surface area contributed by atoms with Gasteiger partial charge in [-0.25, -0.2) is 4.39 Å². The Morgan fingerprint density at radius 1 is 1.03 bits per heavy atom. The molecule has 1 aromatic carbocycles. The molecular formula is C20H19F4N5O3. The Morgan fingerprint density at radius 2 is 1.75 bits per heavy atom. The third-order valence-corrected chi connectivity index (χ3v) is 5.06. The number of carbonyl (C=O) groups excluding carboxylic acids is 1. The first kappa shape index (κ1) is 21.8. The van der Waals surface area contributed by atoms with Crippen molar-refractivity contribution in [2.75, 3.05) is 31.2 Å². The highest BCUT2D eigenvalue weighted by Crippen LogP contribution is 2.28. The van der Waals surface area contributed by atoms with Crippen molar-refractivity contribution in [3.63, 3.8) is 0 Å². The molecule has 0 atom stereocenters. The number of alkyl halides is 3. The van der Waals surface area contributed by atoms with Gasteiger partial charge in [-0.1, -0.05) is 0 Å². The van der Waals surface area contributed by atoms with Crippen LogP contribution in [0.1, 0.15) is 18.7 Å². The van der Waals surface area contributed by atoms with Gasteiger partial charge in [0.1, 0.15) is 30.6 Å². The van der Waals surface area contributed by atoms with E-state index < -0.39 is 12.0 Å². The van der Waals surface area contributed by atoms with Gasteiger partial charge >= 0.3 is 12.1 Å². The number of piperidine rings is 1. The number of carbonyl (C=O) groups is 1. The topological polar surface area (TPSA) is 81.9 Å². The fourth-order valence-corrected chi connectivity index (χ4v) is 3.42. The van der Waals surface area contributed by atoms with E-state index in [0.29, 0.717) is 42.0 Å². The van der Waals surface area contributed by atoms with E-state index in [1.807, 2.05) is 0 Å². The fourth-order valence-electron chi connectivity index (χ4n) is 3.42. The number of rotatable bonds is 6. The van der Waals surface area contributed by atoms with E-state index in [1.54, 1.807) is 11.0 Å². The van der Waals surface area contributed by atoms with Crippen LogP contribution in [0, 0.1) is 11.7 Å². The number of benzene rings is 1. The molecule has 1 aliphatic heterocycles. The molecule has 0 bridgehead atoms. The Hall–Kier alpha value is -3.44. The molecule has 0 saturated carbocycles. The number of hydrogen-bond donors (Lipinski definition) is 0. The molecule has 1 saturated heterocycles. The SMILES string of the molecule is O=C(OCCOc1ccc(F)cc1)C1CCN(c2ccc3nnc(C(F)(F)F)n3n2)CC1. The third kappa shape index (κ3) is 4.89. The minimum absolute atomic E-state index is 0.00222. The van der Waals surface area contributed by atoms with Crippen LogP contribution in [-0.2, 0) is 15.7 Å². The predicted octanol–water partition coefficient (Wildman–Crippen LogP) is 3.12. The van der Waals surface area contributed by atoms with Crippen LogP contribution >= 0.6 is 0 Å². The van der Waals surface area contributed by atoms with E-state index in [4.69, 9.17) is 9.47 Å². The molecule has 170 valence electrons. The third-order valence-electron chi connectivity index (χ3n) is 5.06. The highest BCUT2D eigenvalue weighted by Gasteiger charge is 2.38. The molecule has 2 aromatic heterocycles. The second kappa shape index (κ2) is 8.97. The standard InChI is InChI=1S/C20H19F4N5O3/c21-14-1-3-15(4-2-14)31-11-12-32-18(30)13-7-9-28(10-8-13)17-6-5-16-25-26-19(20(22,23)24)29(16)27-17/h1-6,13H,7-12H2. The lowest BCUT2D eigenvalue weighted by molar-refractivity contribution is -0.150. The lowest BCUT2D eigenvalue weighted by Crippen LogP contribution is -2.38. The lowest BCUT2D eigenvalue weighted by atomic mass is 9.97. The molecule has 0 aliphatic carbocycles. The number of esters is 1. The van der Waals surface area contributed by atoms with Gasteiger partial charge in [-0.2, -0.15) is 17.7 Å².